The molecule has 8 heavy (non-hydrogen) atoms. The van der Waals surface area contributed by atoms with Crippen molar-refractivity contribution in [1.29, 1.82) is 0 Å². The Hall–Kier alpha value is -0.850. The van der Waals surface area contributed by atoms with Crippen LogP contribution in [-0.2, 0) is 0 Å². The maximum Gasteiger partial charge on any atom is 0.0266 e. The lowest BCUT2D eigenvalue weighted by Crippen LogP contribution is -1.53. The van der Waals surface area contributed by atoms with Crippen LogP contribution in [0.1, 0.15) is 13.3 Å². The Balaban J connectivity index is 2.24. The van der Waals surface area contributed by atoms with E-state index in [0.717, 1.165) is 6.42 Å². The SMILES string of the molecule is CC=N/C=C/C1=CC1. The van der Waals surface area contributed by atoms with E-state index in [2.05, 4.69) is 11.1 Å². The molecule has 0 aromatic rings. The second-order valence-corrected chi connectivity index (χ2v) is 1.71. The molecule has 0 saturated heterocycles. The summed E-state index contributed by atoms with van der Waals surface area (Å²) in [6.07, 6.45) is 8.95. The lowest BCUT2D eigenvalue weighted by atomic mass is 10.5. The van der Waals surface area contributed by atoms with Gasteiger partial charge in [0.15, 0.2) is 0 Å². The predicted octanol–water partition coefficient (Wildman–Crippen LogP) is 1.92. The maximum atomic E-state index is 3.91. The van der Waals surface area contributed by atoms with Gasteiger partial charge in [-0.05, 0) is 25.0 Å². The molecule has 0 aromatic heterocycles. The Morgan fingerprint density at radius 2 is 2.50 bits per heavy atom. The lowest BCUT2D eigenvalue weighted by molar-refractivity contribution is 1.52. The van der Waals surface area contributed by atoms with Crippen molar-refractivity contribution in [2.45, 2.75) is 13.3 Å². The minimum Gasteiger partial charge on any atom is -0.269 e. The van der Waals surface area contributed by atoms with Crippen LogP contribution in [0.4, 0.5) is 0 Å². The van der Waals surface area contributed by atoms with Crippen molar-refractivity contribution in [2.75, 3.05) is 0 Å². The highest BCUT2D eigenvalue weighted by atomic mass is 14.6. The van der Waals surface area contributed by atoms with Crippen LogP contribution in [-0.4, -0.2) is 6.21 Å². The summed E-state index contributed by atoms with van der Waals surface area (Å²) in [7, 11) is 0. The number of allylic oxidation sites excluding steroid dienone is 3. The van der Waals surface area contributed by atoms with E-state index < -0.39 is 0 Å². The summed E-state index contributed by atoms with van der Waals surface area (Å²) in [5.41, 5.74) is 1.40. The van der Waals surface area contributed by atoms with Gasteiger partial charge < -0.3 is 0 Å². The number of aliphatic imine (C=N–C) groups is 1. The molecule has 0 atom stereocenters. The van der Waals surface area contributed by atoms with E-state index in [0.29, 0.717) is 0 Å². The van der Waals surface area contributed by atoms with E-state index in [1.54, 1.807) is 6.21 Å². The molecule has 0 saturated carbocycles. The molecule has 0 N–H and O–H groups in total. The van der Waals surface area contributed by atoms with Crippen LogP contribution in [0.25, 0.3) is 0 Å². The van der Waals surface area contributed by atoms with Crippen molar-refractivity contribution in [3.63, 3.8) is 0 Å². The molecule has 0 heterocycles. The fourth-order valence-corrected chi connectivity index (χ4v) is 0.420. The summed E-state index contributed by atoms with van der Waals surface area (Å²) in [6.45, 7) is 1.91. The summed E-state index contributed by atoms with van der Waals surface area (Å²) < 4.78 is 0. The zero-order valence-electron chi connectivity index (χ0n) is 4.96. The molecular formula is C7H9N. The first-order valence-corrected chi connectivity index (χ1v) is 2.77. The summed E-state index contributed by atoms with van der Waals surface area (Å²) in [5, 5.41) is 0. The van der Waals surface area contributed by atoms with Crippen molar-refractivity contribution < 1.29 is 0 Å². The first kappa shape index (κ1) is 5.29. The van der Waals surface area contributed by atoms with Gasteiger partial charge in [0.25, 0.3) is 0 Å². The Labute approximate surface area is 49.4 Å². The largest absolute Gasteiger partial charge is 0.269 e. The highest BCUT2D eigenvalue weighted by Gasteiger charge is 1.99. The molecule has 0 fully saturated rings. The van der Waals surface area contributed by atoms with Gasteiger partial charge in [-0.2, -0.15) is 0 Å². The zero-order valence-corrected chi connectivity index (χ0v) is 4.96. The summed E-state index contributed by atoms with van der Waals surface area (Å²) in [6, 6.07) is 0. The molecule has 0 aromatic carbocycles. The normalized spacial score (nSPS) is 17.9. The summed E-state index contributed by atoms with van der Waals surface area (Å²) >= 11 is 0. The fourth-order valence-electron chi connectivity index (χ4n) is 0.420. The third kappa shape index (κ3) is 1.73. The van der Waals surface area contributed by atoms with Crippen LogP contribution in [0.2, 0.25) is 0 Å². The monoisotopic (exact) mass is 107 g/mol. The first-order valence-electron chi connectivity index (χ1n) is 2.77. The highest BCUT2D eigenvalue weighted by Crippen LogP contribution is 2.18. The number of rotatable bonds is 2. The molecule has 1 aliphatic rings. The van der Waals surface area contributed by atoms with Crippen molar-refractivity contribution >= 4 is 6.21 Å². The highest BCUT2D eigenvalue weighted by molar-refractivity contribution is 5.54. The Kier molecular flexibility index (Phi) is 1.62. The molecule has 1 heteroatoms. The Morgan fingerprint density at radius 1 is 1.75 bits per heavy atom. The molecule has 42 valence electrons. The lowest BCUT2D eigenvalue weighted by Gasteiger charge is -1.70. The number of hydrogen-bond acceptors (Lipinski definition) is 1. The number of nitrogens with zero attached hydrogens (tertiary/aromatic N) is 1. The molecule has 1 aliphatic carbocycles. The Bertz CT molecular complexity index is 152. The third-order valence-electron chi connectivity index (χ3n) is 0.964. The zero-order chi connectivity index (χ0) is 5.82. The second kappa shape index (κ2) is 2.46. The molecule has 0 unspecified atom stereocenters. The van der Waals surface area contributed by atoms with Gasteiger partial charge in [-0.3, -0.25) is 4.99 Å². The number of hydrogen-bond donors (Lipinski definition) is 0. The van der Waals surface area contributed by atoms with Gasteiger partial charge in [0, 0.05) is 12.4 Å². The molecule has 1 nitrogen and oxygen atoms in total. The van der Waals surface area contributed by atoms with E-state index in [9.17, 15) is 0 Å². The van der Waals surface area contributed by atoms with Gasteiger partial charge in [-0.1, -0.05) is 6.08 Å². The topological polar surface area (TPSA) is 12.4 Å². The van der Waals surface area contributed by atoms with E-state index in [1.165, 1.54) is 5.57 Å². The Morgan fingerprint density at radius 3 is 3.00 bits per heavy atom. The van der Waals surface area contributed by atoms with Crippen LogP contribution < -0.4 is 0 Å². The van der Waals surface area contributed by atoms with Gasteiger partial charge >= 0.3 is 0 Å². The van der Waals surface area contributed by atoms with Gasteiger partial charge in [0.1, 0.15) is 0 Å². The maximum absolute atomic E-state index is 3.91. The molecule has 0 bridgehead atoms. The van der Waals surface area contributed by atoms with E-state index in [1.807, 2.05) is 19.2 Å². The average molecular weight is 107 g/mol. The molecule has 0 amide bonds. The van der Waals surface area contributed by atoms with Crippen LogP contribution in [0.3, 0.4) is 0 Å². The van der Waals surface area contributed by atoms with Crippen molar-refractivity contribution in [1.82, 2.24) is 0 Å². The molecular weight excluding hydrogens is 98.1 g/mol. The standard InChI is InChI=1S/C7H9N/c1-2-8-6-5-7-3-4-7/h2-3,5-6H,4H2,1H3/b6-5+,8-2?. The minimum atomic E-state index is 1.16. The third-order valence-corrected chi connectivity index (χ3v) is 0.964. The van der Waals surface area contributed by atoms with E-state index >= 15 is 0 Å². The summed E-state index contributed by atoms with van der Waals surface area (Å²) in [4.78, 5) is 3.91. The molecule has 1 rings (SSSR count). The van der Waals surface area contributed by atoms with Gasteiger partial charge in [-0.25, -0.2) is 0 Å². The van der Waals surface area contributed by atoms with E-state index in [4.69, 9.17) is 0 Å². The smallest absolute Gasteiger partial charge is 0.0266 e. The average Bonchev–Trinajstić information content (AvgIpc) is 2.51. The van der Waals surface area contributed by atoms with E-state index in [-0.39, 0.29) is 0 Å². The second-order valence-electron chi connectivity index (χ2n) is 1.71. The van der Waals surface area contributed by atoms with Crippen LogP contribution in [0, 0.1) is 0 Å². The van der Waals surface area contributed by atoms with Crippen LogP contribution >= 0.6 is 0 Å². The summed E-state index contributed by atoms with van der Waals surface area (Å²) in [5.74, 6) is 0. The van der Waals surface area contributed by atoms with Crippen molar-refractivity contribution in [3.8, 4) is 0 Å². The van der Waals surface area contributed by atoms with Gasteiger partial charge in [0.2, 0.25) is 0 Å². The molecule has 0 aliphatic heterocycles. The van der Waals surface area contributed by atoms with Crippen LogP contribution in [0.15, 0.2) is 28.9 Å². The van der Waals surface area contributed by atoms with Crippen LogP contribution in [0.5, 0.6) is 0 Å². The molecule has 0 radical (unpaired) electrons. The minimum absolute atomic E-state index is 1.16. The van der Waals surface area contributed by atoms with Crippen molar-refractivity contribution in [3.05, 3.63) is 23.9 Å². The van der Waals surface area contributed by atoms with Gasteiger partial charge in [0.05, 0.1) is 0 Å². The van der Waals surface area contributed by atoms with Crippen molar-refractivity contribution in [2.24, 2.45) is 4.99 Å². The molecule has 0 spiro atoms. The first-order chi connectivity index (χ1) is 3.93. The predicted molar refractivity (Wildman–Crippen MR) is 36.0 cm³/mol. The fraction of sp³-hybridized carbons (Fsp3) is 0.286. The van der Waals surface area contributed by atoms with Gasteiger partial charge in [-0.15, -0.1) is 0 Å². The quantitative estimate of drug-likeness (QED) is 0.478.